The van der Waals surface area contributed by atoms with E-state index in [9.17, 15) is 9.59 Å². The number of hydrogen-bond donors (Lipinski definition) is 1. The number of carbonyl (C=O) groups is 2. The van der Waals surface area contributed by atoms with E-state index in [0.717, 1.165) is 16.4 Å². The summed E-state index contributed by atoms with van der Waals surface area (Å²) in [6, 6.07) is 7.76. The second-order valence-corrected chi connectivity index (χ2v) is 7.65. The molecule has 0 spiro atoms. The molecule has 1 N–H and O–H groups in total. The van der Waals surface area contributed by atoms with Crippen LogP contribution in [-0.2, 0) is 9.59 Å². The summed E-state index contributed by atoms with van der Waals surface area (Å²) >= 11 is 1.39. The van der Waals surface area contributed by atoms with Gasteiger partial charge in [0.05, 0.1) is 0 Å². The molecule has 130 valence electrons. The molecule has 6 heteroatoms. The van der Waals surface area contributed by atoms with Gasteiger partial charge in [0.2, 0.25) is 11.8 Å². The average Bonchev–Trinajstić information content (AvgIpc) is 2.76. The lowest BCUT2D eigenvalue weighted by molar-refractivity contribution is -0.129. The van der Waals surface area contributed by atoms with Crippen molar-refractivity contribution in [3.8, 4) is 0 Å². The van der Waals surface area contributed by atoms with Gasteiger partial charge in [0.25, 0.3) is 0 Å². The van der Waals surface area contributed by atoms with Crippen LogP contribution in [0.4, 0.5) is 5.69 Å². The second kappa shape index (κ2) is 7.83. The molecule has 1 aliphatic rings. The van der Waals surface area contributed by atoms with E-state index < -0.39 is 5.25 Å². The van der Waals surface area contributed by atoms with E-state index >= 15 is 0 Å². The van der Waals surface area contributed by atoms with Crippen molar-refractivity contribution in [2.24, 2.45) is 4.99 Å². The third-order valence-corrected chi connectivity index (χ3v) is 4.81. The number of aliphatic imine (C=N–C) groups is 1. The van der Waals surface area contributed by atoms with Crippen LogP contribution in [0.15, 0.2) is 29.3 Å². The van der Waals surface area contributed by atoms with Gasteiger partial charge in [-0.15, -0.1) is 0 Å². The summed E-state index contributed by atoms with van der Waals surface area (Å²) < 4.78 is 0. The molecule has 0 radical (unpaired) electrons. The van der Waals surface area contributed by atoms with Crippen molar-refractivity contribution in [2.75, 3.05) is 5.32 Å². The van der Waals surface area contributed by atoms with E-state index in [0.29, 0.717) is 0 Å². The van der Waals surface area contributed by atoms with E-state index in [1.54, 1.807) is 4.90 Å². The van der Waals surface area contributed by atoms with Crippen molar-refractivity contribution in [1.82, 2.24) is 4.90 Å². The van der Waals surface area contributed by atoms with Gasteiger partial charge in [-0.3, -0.25) is 19.5 Å². The van der Waals surface area contributed by atoms with E-state index in [2.05, 4.69) is 10.3 Å². The van der Waals surface area contributed by atoms with Gasteiger partial charge in [0, 0.05) is 24.2 Å². The third-order valence-electron chi connectivity index (χ3n) is 3.64. The van der Waals surface area contributed by atoms with Gasteiger partial charge in [-0.1, -0.05) is 30.0 Å². The number of aryl methyl sites for hydroxylation is 1. The molecule has 1 fully saturated rings. The highest BCUT2D eigenvalue weighted by Gasteiger charge is 2.40. The number of thioether (sulfide) groups is 1. The molecule has 1 aromatic rings. The zero-order valence-corrected chi connectivity index (χ0v) is 15.7. The number of amides is 2. The summed E-state index contributed by atoms with van der Waals surface area (Å²) in [5.41, 5.74) is 1.79. The minimum Gasteiger partial charge on any atom is -0.326 e. The molecule has 1 unspecified atom stereocenters. The molecule has 0 aromatic heterocycles. The molecule has 2 amide bonds. The molecule has 0 saturated carbocycles. The molecule has 1 saturated heterocycles. The smallest absolute Gasteiger partial charge is 0.242 e. The number of benzene rings is 1. The van der Waals surface area contributed by atoms with Crippen molar-refractivity contribution in [1.29, 1.82) is 0 Å². The Morgan fingerprint density at radius 2 is 1.96 bits per heavy atom. The molecule has 0 aliphatic carbocycles. The van der Waals surface area contributed by atoms with Crippen LogP contribution in [0.25, 0.3) is 0 Å². The van der Waals surface area contributed by atoms with Crippen LogP contribution >= 0.6 is 11.8 Å². The van der Waals surface area contributed by atoms with E-state index in [1.165, 1.54) is 11.8 Å². The Labute approximate surface area is 147 Å². The van der Waals surface area contributed by atoms with Gasteiger partial charge >= 0.3 is 0 Å². The summed E-state index contributed by atoms with van der Waals surface area (Å²) in [6.45, 7) is 9.83. The zero-order chi connectivity index (χ0) is 17.9. The Hall–Kier alpha value is -1.82. The predicted molar refractivity (Wildman–Crippen MR) is 100 cm³/mol. The van der Waals surface area contributed by atoms with E-state index in [1.807, 2.05) is 58.9 Å². The zero-order valence-electron chi connectivity index (χ0n) is 14.9. The fourth-order valence-corrected chi connectivity index (χ4v) is 3.87. The largest absolute Gasteiger partial charge is 0.326 e. The number of carbonyl (C=O) groups excluding carboxylic acids is 2. The first kappa shape index (κ1) is 18.5. The van der Waals surface area contributed by atoms with Crippen molar-refractivity contribution < 1.29 is 9.59 Å². The van der Waals surface area contributed by atoms with E-state index in [4.69, 9.17) is 0 Å². The number of amidine groups is 1. The lowest BCUT2D eigenvalue weighted by atomic mass is 10.2. The number of para-hydroxylation sites is 1. The fraction of sp³-hybridized carbons (Fsp3) is 0.500. The summed E-state index contributed by atoms with van der Waals surface area (Å²) in [5, 5.41) is 3.21. The predicted octanol–water partition coefficient (Wildman–Crippen LogP) is 3.44. The lowest BCUT2D eigenvalue weighted by Crippen LogP contribution is -2.38. The van der Waals surface area contributed by atoms with Crippen LogP contribution in [0.2, 0.25) is 0 Å². The van der Waals surface area contributed by atoms with Crippen LogP contribution < -0.4 is 5.32 Å². The topological polar surface area (TPSA) is 61.8 Å². The maximum atomic E-state index is 12.6. The molecule has 1 aromatic carbocycles. The molecule has 24 heavy (non-hydrogen) atoms. The van der Waals surface area contributed by atoms with Crippen molar-refractivity contribution >= 4 is 34.4 Å². The Morgan fingerprint density at radius 1 is 1.29 bits per heavy atom. The molecule has 0 bridgehead atoms. The Bertz CT molecular complexity index is 655. The minimum absolute atomic E-state index is 0.0330. The van der Waals surface area contributed by atoms with Crippen molar-refractivity contribution in [3.05, 3.63) is 29.8 Å². The highest BCUT2D eigenvalue weighted by molar-refractivity contribution is 8.15. The van der Waals surface area contributed by atoms with Crippen LogP contribution in [0, 0.1) is 6.92 Å². The maximum Gasteiger partial charge on any atom is 0.242 e. The van der Waals surface area contributed by atoms with Crippen LogP contribution in [0.5, 0.6) is 0 Å². The standard InChI is InChI=1S/C18H25N3O2S/c1-11(2)19-18-21(12(3)4)17(23)15(24-18)10-16(22)20-14-9-7-6-8-13(14)5/h6-9,11-12,15H,10H2,1-5H3,(H,20,22). The SMILES string of the molecule is Cc1ccccc1NC(=O)CC1SC(=NC(C)C)N(C(C)C)C1=O. The second-order valence-electron chi connectivity index (χ2n) is 6.48. The molecular weight excluding hydrogens is 322 g/mol. The molecular formula is C18H25N3O2S. The first-order chi connectivity index (χ1) is 11.3. The van der Waals surface area contributed by atoms with Crippen molar-refractivity contribution in [2.45, 2.75) is 58.4 Å². The van der Waals surface area contributed by atoms with E-state index in [-0.39, 0.29) is 30.3 Å². The van der Waals surface area contributed by atoms with Gasteiger partial charge in [0.15, 0.2) is 5.17 Å². The summed E-state index contributed by atoms with van der Waals surface area (Å²) in [4.78, 5) is 31.2. The molecule has 1 atom stereocenters. The lowest BCUT2D eigenvalue weighted by Gasteiger charge is -2.21. The van der Waals surface area contributed by atoms with Gasteiger partial charge in [0.1, 0.15) is 5.25 Å². The minimum atomic E-state index is -0.408. The van der Waals surface area contributed by atoms with Gasteiger partial charge in [-0.2, -0.15) is 0 Å². The first-order valence-electron chi connectivity index (χ1n) is 8.22. The summed E-state index contributed by atoms with van der Waals surface area (Å²) in [6.07, 6.45) is 0.151. The van der Waals surface area contributed by atoms with Gasteiger partial charge < -0.3 is 5.32 Å². The Morgan fingerprint density at radius 3 is 2.54 bits per heavy atom. The van der Waals surface area contributed by atoms with Gasteiger partial charge in [-0.05, 0) is 46.2 Å². The average molecular weight is 347 g/mol. The fourth-order valence-electron chi connectivity index (χ4n) is 2.48. The molecule has 1 heterocycles. The van der Waals surface area contributed by atoms with Crippen molar-refractivity contribution in [3.63, 3.8) is 0 Å². The molecule has 5 nitrogen and oxygen atoms in total. The van der Waals surface area contributed by atoms with Crippen LogP contribution in [0.3, 0.4) is 0 Å². The van der Waals surface area contributed by atoms with Crippen LogP contribution in [-0.4, -0.2) is 39.2 Å². The van der Waals surface area contributed by atoms with Crippen LogP contribution in [0.1, 0.15) is 39.7 Å². The summed E-state index contributed by atoms with van der Waals surface area (Å²) in [7, 11) is 0. The normalized spacial score (nSPS) is 19.6. The number of nitrogens with zero attached hydrogens (tertiary/aromatic N) is 2. The quantitative estimate of drug-likeness (QED) is 0.887. The molecule has 2 rings (SSSR count). The Kier molecular flexibility index (Phi) is 6.04. The highest BCUT2D eigenvalue weighted by Crippen LogP contribution is 2.32. The Balaban J connectivity index is 2.08. The maximum absolute atomic E-state index is 12.6. The number of nitrogens with one attached hydrogen (secondary N) is 1. The monoisotopic (exact) mass is 347 g/mol. The highest BCUT2D eigenvalue weighted by atomic mass is 32.2. The summed E-state index contributed by atoms with van der Waals surface area (Å²) in [5.74, 6) is -0.181. The molecule has 1 aliphatic heterocycles. The number of hydrogen-bond acceptors (Lipinski definition) is 4. The van der Waals surface area contributed by atoms with Gasteiger partial charge in [-0.25, -0.2) is 0 Å². The number of rotatable bonds is 5. The number of anilines is 1. The first-order valence-corrected chi connectivity index (χ1v) is 9.10. The third kappa shape index (κ3) is 4.38.